The van der Waals surface area contributed by atoms with E-state index >= 15 is 0 Å². The Kier molecular flexibility index (Phi) is 8.74. The van der Waals surface area contributed by atoms with Crippen LogP contribution < -0.4 is 5.56 Å². The van der Waals surface area contributed by atoms with Gasteiger partial charge in [0.25, 0.3) is 11.5 Å². The minimum absolute atomic E-state index is 0.0452. The fraction of sp³-hybridized carbons (Fsp3) is 0.378. The molecule has 0 radical (unpaired) electrons. The second-order valence-electron chi connectivity index (χ2n) is 13.0. The molecule has 5 heterocycles. The van der Waals surface area contributed by atoms with Gasteiger partial charge in [0.05, 0.1) is 23.2 Å². The first kappa shape index (κ1) is 32.0. The highest BCUT2D eigenvalue weighted by Gasteiger charge is 2.42. The van der Waals surface area contributed by atoms with E-state index in [4.69, 9.17) is 4.98 Å². The lowest BCUT2D eigenvalue weighted by molar-refractivity contribution is -0.142. The molecule has 0 spiro atoms. The SMILES string of the molecule is CCn1ccc2c(=O)n(CC3(O)CCN(C(=O)[C@@H]4CCN(C(=O)c5sc(-c6ccccc6)nc5C)C[C@H]4c4ccccc4)CC3)cnc21. The number of nitrogens with zero attached hydrogens (tertiary/aromatic N) is 6. The highest BCUT2D eigenvalue weighted by Crippen LogP contribution is 2.37. The molecule has 2 aliphatic heterocycles. The Balaban J connectivity index is 1.05. The number of rotatable bonds is 7. The first-order valence-electron chi connectivity index (χ1n) is 16.7. The Hall–Kier alpha value is -4.61. The Bertz CT molecular complexity index is 1990. The van der Waals surface area contributed by atoms with E-state index in [1.165, 1.54) is 22.2 Å². The van der Waals surface area contributed by atoms with Gasteiger partial charge in [-0.25, -0.2) is 9.97 Å². The van der Waals surface area contributed by atoms with Gasteiger partial charge >= 0.3 is 0 Å². The van der Waals surface area contributed by atoms with Crippen LogP contribution in [0.25, 0.3) is 21.6 Å². The van der Waals surface area contributed by atoms with Crippen molar-refractivity contribution in [2.45, 2.75) is 57.7 Å². The van der Waals surface area contributed by atoms with Crippen molar-refractivity contribution in [3.8, 4) is 10.6 Å². The quantitative estimate of drug-likeness (QED) is 0.264. The molecule has 2 aromatic carbocycles. The van der Waals surface area contributed by atoms with Crippen LogP contribution in [0.2, 0.25) is 0 Å². The van der Waals surface area contributed by atoms with Gasteiger partial charge in [0.1, 0.15) is 21.9 Å². The summed E-state index contributed by atoms with van der Waals surface area (Å²) in [4.78, 5) is 54.8. The molecule has 7 rings (SSSR count). The number of hydrogen-bond acceptors (Lipinski definition) is 7. The Morgan fingerprint density at radius 1 is 0.958 bits per heavy atom. The number of benzene rings is 2. The summed E-state index contributed by atoms with van der Waals surface area (Å²) in [6, 6.07) is 21.7. The number of carbonyl (C=O) groups is 2. The second-order valence-corrected chi connectivity index (χ2v) is 14.0. The van der Waals surface area contributed by atoms with Crippen LogP contribution in [-0.4, -0.2) is 77.6 Å². The van der Waals surface area contributed by atoms with Gasteiger partial charge in [0, 0.05) is 56.3 Å². The number of aromatic nitrogens is 4. The van der Waals surface area contributed by atoms with Gasteiger partial charge in [-0.15, -0.1) is 11.3 Å². The molecule has 3 aromatic heterocycles. The maximum absolute atomic E-state index is 14.2. The van der Waals surface area contributed by atoms with Crippen molar-refractivity contribution in [1.29, 1.82) is 0 Å². The molecule has 2 saturated heterocycles. The van der Waals surface area contributed by atoms with Crippen molar-refractivity contribution >= 4 is 34.2 Å². The van der Waals surface area contributed by atoms with Crippen molar-refractivity contribution in [3.63, 3.8) is 0 Å². The molecule has 0 saturated carbocycles. The van der Waals surface area contributed by atoms with Gasteiger partial charge in [-0.2, -0.15) is 0 Å². The highest BCUT2D eigenvalue weighted by molar-refractivity contribution is 7.17. The van der Waals surface area contributed by atoms with Gasteiger partial charge in [-0.1, -0.05) is 60.7 Å². The summed E-state index contributed by atoms with van der Waals surface area (Å²) in [6.07, 6.45) is 4.64. The summed E-state index contributed by atoms with van der Waals surface area (Å²) in [5.41, 5.74) is 2.09. The van der Waals surface area contributed by atoms with Crippen LogP contribution in [0.4, 0.5) is 0 Å². The zero-order valence-electron chi connectivity index (χ0n) is 27.3. The predicted octanol–water partition coefficient (Wildman–Crippen LogP) is 4.95. The first-order chi connectivity index (χ1) is 23.2. The molecule has 2 atom stereocenters. The number of aryl methyl sites for hydroxylation is 2. The molecule has 48 heavy (non-hydrogen) atoms. The molecule has 5 aromatic rings. The number of likely N-dealkylation sites (tertiary alicyclic amines) is 2. The number of fused-ring (bicyclic) bond motifs is 1. The van der Waals surface area contributed by atoms with Gasteiger partial charge < -0.3 is 19.5 Å². The van der Waals surface area contributed by atoms with E-state index in [1.807, 2.05) is 95.1 Å². The summed E-state index contributed by atoms with van der Waals surface area (Å²) in [5.74, 6) is -0.441. The monoisotopic (exact) mass is 664 g/mol. The van der Waals surface area contributed by atoms with Gasteiger partial charge in [0.15, 0.2) is 0 Å². The van der Waals surface area contributed by atoms with Gasteiger partial charge in [-0.05, 0) is 44.7 Å². The number of carbonyl (C=O) groups excluding carboxylic acids is 2. The molecule has 2 amide bonds. The van der Waals surface area contributed by atoms with E-state index in [1.54, 1.807) is 6.07 Å². The first-order valence-corrected chi connectivity index (χ1v) is 17.5. The summed E-state index contributed by atoms with van der Waals surface area (Å²) in [6.45, 7) is 6.44. The van der Waals surface area contributed by atoms with E-state index in [0.29, 0.717) is 61.4 Å². The van der Waals surface area contributed by atoms with Crippen LogP contribution in [-0.2, 0) is 17.9 Å². The Morgan fingerprint density at radius 3 is 2.38 bits per heavy atom. The van der Waals surface area contributed by atoms with Crippen molar-refractivity contribution < 1.29 is 14.7 Å². The maximum Gasteiger partial charge on any atom is 0.265 e. The topological polar surface area (TPSA) is 114 Å². The minimum atomic E-state index is -1.12. The number of hydrogen-bond donors (Lipinski definition) is 1. The average molecular weight is 665 g/mol. The van der Waals surface area contributed by atoms with Crippen molar-refractivity contribution in [1.82, 2.24) is 28.9 Å². The smallest absolute Gasteiger partial charge is 0.265 e. The number of thiazole rings is 1. The molecule has 0 bridgehead atoms. The van der Waals surface area contributed by atoms with Crippen LogP contribution in [0.5, 0.6) is 0 Å². The summed E-state index contributed by atoms with van der Waals surface area (Å²) in [7, 11) is 0. The maximum atomic E-state index is 14.2. The van der Waals surface area contributed by atoms with Crippen LogP contribution in [0, 0.1) is 12.8 Å². The summed E-state index contributed by atoms with van der Waals surface area (Å²) in [5, 5.41) is 12.9. The lowest BCUT2D eigenvalue weighted by atomic mass is 9.79. The largest absolute Gasteiger partial charge is 0.388 e. The van der Waals surface area contributed by atoms with Crippen LogP contribution in [0.1, 0.15) is 53.0 Å². The molecule has 1 N–H and O–H groups in total. The second kappa shape index (κ2) is 13.1. The fourth-order valence-corrected chi connectivity index (χ4v) is 8.28. The van der Waals surface area contributed by atoms with Gasteiger partial charge in [-0.3, -0.25) is 19.0 Å². The van der Waals surface area contributed by atoms with Crippen LogP contribution in [0.3, 0.4) is 0 Å². The van der Waals surface area contributed by atoms with Crippen LogP contribution in [0.15, 0.2) is 84.0 Å². The summed E-state index contributed by atoms with van der Waals surface area (Å²) < 4.78 is 3.41. The normalized spacial score (nSPS) is 19.5. The number of piperidine rings is 2. The lowest BCUT2D eigenvalue weighted by Gasteiger charge is -2.43. The summed E-state index contributed by atoms with van der Waals surface area (Å²) >= 11 is 1.42. The molecule has 10 nitrogen and oxygen atoms in total. The van der Waals surface area contributed by atoms with E-state index in [2.05, 4.69) is 4.98 Å². The Morgan fingerprint density at radius 2 is 1.67 bits per heavy atom. The Labute approximate surface area is 283 Å². The van der Waals surface area contributed by atoms with Crippen molar-refractivity contribution in [2.24, 2.45) is 5.92 Å². The van der Waals surface area contributed by atoms with Crippen molar-refractivity contribution in [3.05, 3.63) is 106 Å². The van der Waals surface area contributed by atoms with E-state index in [9.17, 15) is 19.5 Å². The number of aliphatic hydroxyl groups is 1. The molecular weight excluding hydrogens is 625 g/mol. The van der Waals surface area contributed by atoms with Crippen molar-refractivity contribution in [2.75, 3.05) is 26.2 Å². The number of amides is 2. The minimum Gasteiger partial charge on any atom is -0.388 e. The molecule has 2 aliphatic rings. The zero-order chi connectivity index (χ0) is 33.4. The zero-order valence-corrected chi connectivity index (χ0v) is 28.1. The molecule has 2 fully saturated rings. The van der Waals surface area contributed by atoms with E-state index in [-0.39, 0.29) is 35.8 Å². The third kappa shape index (κ3) is 6.08. The fourth-order valence-electron chi connectivity index (χ4n) is 7.24. The highest BCUT2D eigenvalue weighted by atomic mass is 32.1. The molecular formula is C37H40N6O4S. The molecule has 248 valence electrons. The third-order valence-electron chi connectivity index (χ3n) is 10.0. The lowest BCUT2D eigenvalue weighted by Crippen LogP contribution is -2.53. The third-order valence-corrected chi connectivity index (χ3v) is 11.2. The molecule has 11 heteroatoms. The van der Waals surface area contributed by atoms with Crippen LogP contribution >= 0.6 is 11.3 Å². The van der Waals surface area contributed by atoms with Gasteiger partial charge in [0.2, 0.25) is 5.91 Å². The van der Waals surface area contributed by atoms with E-state index < -0.39 is 5.60 Å². The van der Waals surface area contributed by atoms with E-state index in [0.717, 1.165) is 28.4 Å². The standard InChI is InChI=1S/C37H40N6O4S/c1-3-40-18-15-29-32(40)38-24-43(35(29)45)23-37(47)16-20-41(21-17-37)34(44)28-14-19-42(22-30(28)26-10-6-4-7-11-26)36(46)31-25(2)39-33(48-31)27-12-8-5-9-13-27/h4-13,15,18,24,28,30,47H,3,14,16-17,19-23H2,1-2H3/t28-,30+/m1/s1. The molecule has 0 unspecified atom stereocenters. The average Bonchev–Trinajstić information content (AvgIpc) is 3.73. The predicted molar refractivity (Wildman–Crippen MR) is 186 cm³/mol. The molecule has 0 aliphatic carbocycles.